The van der Waals surface area contributed by atoms with Gasteiger partial charge in [-0.1, -0.05) is 0 Å². The number of hydrogen-bond acceptors (Lipinski definition) is 4. The zero-order chi connectivity index (χ0) is 11.6. The normalized spacial score (nSPS) is 25.5. The lowest BCUT2D eigenvalue weighted by molar-refractivity contribution is 0.276. The molecule has 0 radical (unpaired) electrons. The first kappa shape index (κ1) is 15.2. The van der Waals surface area contributed by atoms with Gasteiger partial charge in [0.2, 0.25) is 0 Å². The molecule has 2 rings (SSSR count). The molecule has 0 saturated carbocycles. The number of nitrogens with zero attached hydrogens (tertiary/aromatic N) is 1. The monoisotopic (exact) mass is 282 g/mol. The second-order valence-electron chi connectivity index (χ2n) is 5.04. The molecule has 2 heterocycles. The quantitative estimate of drug-likeness (QED) is 0.809. The number of piperidine rings is 2. The van der Waals surface area contributed by atoms with E-state index in [0.717, 1.165) is 51.9 Å². The number of rotatable bonds is 2. The standard InChI is InChI=1S/C11H22N2O2S.ClH/c1-13-8-4-11(5-9-13)16(14,15)10-2-6-12-7-3-10;/h10-12H,2-9H2,1H3;1H. The second kappa shape index (κ2) is 6.36. The molecule has 0 aromatic carbocycles. The van der Waals surface area contributed by atoms with Crippen molar-refractivity contribution in [3.8, 4) is 0 Å². The number of halogens is 1. The van der Waals surface area contributed by atoms with Gasteiger partial charge >= 0.3 is 0 Å². The Morgan fingerprint density at radius 1 is 1.00 bits per heavy atom. The van der Waals surface area contributed by atoms with Crippen molar-refractivity contribution < 1.29 is 8.42 Å². The zero-order valence-corrected chi connectivity index (χ0v) is 12.0. The summed E-state index contributed by atoms with van der Waals surface area (Å²) in [5.41, 5.74) is 0. The molecule has 0 spiro atoms. The first-order chi connectivity index (χ1) is 7.60. The van der Waals surface area contributed by atoms with Crippen molar-refractivity contribution in [1.29, 1.82) is 0 Å². The fourth-order valence-electron chi connectivity index (χ4n) is 2.71. The van der Waals surface area contributed by atoms with Gasteiger partial charge in [-0.25, -0.2) is 8.42 Å². The van der Waals surface area contributed by atoms with Crippen LogP contribution in [0.1, 0.15) is 25.7 Å². The minimum absolute atomic E-state index is 0. The SMILES string of the molecule is CN1CCC(S(=O)(=O)C2CCNCC2)CC1.Cl. The zero-order valence-electron chi connectivity index (χ0n) is 10.4. The first-order valence-electron chi connectivity index (χ1n) is 6.22. The highest BCUT2D eigenvalue weighted by molar-refractivity contribution is 7.92. The third kappa shape index (κ3) is 3.56. The molecule has 1 N–H and O–H groups in total. The minimum Gasteiger partial charge on any atom is -0.317 e. The van der Waals surface area contributed by atoms with Crippen LogP contribution < -0.4 is 5.32 Å². The van der Waals surface area contributed by atoms with E-state index in [-0.39, 0.29) is 22.9 Å². The Kier molecular flexibility index (Phi) is 5.70. The maximum atomic E-state index is 12.4. The van der Waals surface area contributed by atoms with Crippen LogP contribution in [0.15, 0.2) is 0 Å². The molecule has 0 unspecified atom stereocenters. The number of sulfone groups is 1. The topological polar surface area (TPSA) is 49.4 Å². The van der Waals surface area contributed by atoms with Crippen LogP contribution in [-0.2, 0) is 9.84 Å². The van der Waals surface area contributed by atoms with E-state index in [1.54, 1.807) is 0 Å². The molecule has 17 heavy (non-hydrogen) atoms. The molecule has 0 atom stereocenters. The highest BCUT2D eigenvalue weighted by Gasteiger charge is 2.35. The average Bonchev–Trinajstić information content (AvgIpc) is 2.31. The fourth-order valence-corrected chi connectivity index (χ4v) is 5.01. The summed E-state index contributed by atoms with van der Waals surface area (Å²) in [6.07, 6.45) is 3.24. The summed E-state index contributed by atoms with van der Waals surface area (Å²) < 4.78 is 24.8. The Hall–Kier alpha value is 0.160. The highest BCUT2D eigenvalue weighted by Crippen LogP contribution is 2.25. The van der Waals surface area contributed by atoms with Crippen molar-refractivity contribution in [1.82, 2.24) is 10.2 Å². The Morgan fingerprint density at radius 2 is 1.47 bits per heavy atom. The van der Waals surface area contributed by atoms with Gasteiger partial charge in [0.1, 0.15) is 0 Å². The molecule has 0 aromatic heterocycles. The number of likely N-dealkylation sites (tertiary alicyclic amines) is 1. The van der Waals surface area contributed by atoms with Gasteiger partial charge in [0.05, 0.1) is 10.5 Å². The van der Waals surface area contributed by atoms with Crippen LogP contribution in [0.2, 0.25) is 0 Å². The van der Waals surface area contributed by atoms with E-state index in [0.29, 0.717) is 0 Å². The summed E-state index contributed by atoms with van der Waals surface area (Å²) in [6, 6.07) is 0. The largest absolute Gasteiger partial charge is 0.317 e. The van der Waals surface area contributed by atoms with Gasteiger partial charge in [0.15, 0.2) is 9.84 Å². The molecule has 2 aliphatic rings. The summed E-state index contributed by atoms with van der Waals surface area (Å²) in [4.78, 5) is 2.22. The van der Waals surface area contributed by atoms with E-state index in [4.69, 9.17) is 0 Å². The van der Waals surface area contributed by atoms with Gasteiger partial charge in [-0.15, -0.1) is 12.4 Å². The van der Waals surface area contributed by atoms with E-state index in [2.05, 4.69) is 17.3 Å². The third-order valence-corrected chi connectivity index (χ3v) is 6.68. The summed E-state index contributed by atoms with van der Waals surface area (Å²) in [7, 11) is -0.812. The second-order valence-corrected chi connectivity index (χ2v) is 7.55. The Morgan fingerprint density at radius 3 is 2.00 bits per heavy atom. The maximum absolute atomic E-state index is 12.4. The molecular formula is C11H23ClN2O2S. The highest BCUT2D eigenvalue weighted by atomic mass is 35.5. The molecule has 4 nitrogen and oxygen atoms in total. The summed E-state index contributed by atoms with van der Waals surface area (Å²) in [6.45, 7) is 3.57. The van der Waals surface area contributed by atoms with E-state index >= 15 is 0 Å². The fraction of sp³-hybridized carbons (Fsp3) is 1.00. The molecular weight excluding hydrogens is 260 g/mol. The van der Waals surface area contributed by atoms with Crippen molar-refractivity contribution in [3.63, 3.8) is 0 Å². The van der Waals surface area contributed by atoms with Crippen LogP contribution >= 0.6 is 12.4 Å². The lowest BCUT2D eigenvalue weighted by atomic mass is 10.1. The molecule has 2 saturated heterocycles. The van der Waals surface area contributed by atoms with Gasteiger partial charge in [-0.05, 0) is 58.9 Å². The first-order valence-corrected chi connectivity index (χ1v) is 7.83. The van der Waals surface area contributed by atoms with Crippen LogP contribution in [0.25, 0.3) is 0 Å². The molecule has 0 amide bonds. The van der Waals surface area contributed by atoms with Crippen LogP contribution in [0.3, 0.4) is 0 Å². The van der Waals surface area contributed by atoms with Crippen molar-refractivity contribution in [2.45, 2.75) is 36.2 Å². The Balaban J connectivity index is 0.00000144. The predicted octanol–water partition coefficient (Wildman–Crippen LogP) is 0.669. The van der Waals surface area contributed by atoms with E-state index in [1.165, 1.54) is 0 Å². The van der Waals surface area contributed by atoms with Gasteiger partial charge in [0, 0.05) is 0 Å². The van der Waals surface area contributed by atoms with Gasteiger partial charge in [-0.2, -0.15) is 0 Å². The van der Waals surface area contributed by atoms with Crippen LogP contribution in [0.4, 0.5) is 0 Å². The molecule has 2 fully saturated rings. The van der Waals surface area contributed by atoms with Crippen LogP contribution in [-0.4, -0.2) is 57.0 Å². The molecule has 0 aromatic rings. The number of hydrogen-bond donors (Lipinski definition) is 1. The van der Waals surface area contributed by atoms with Gasteiger partial charge in [-0.3, -0.25) is 0 Å². The average molecular weight is 283 g/mol. The lowest BCUT2D eigenvalue weighted by Crippen LogP contribution is -2.44. The van der Waals surface area contributed by atoms with Crippen molar-refractivity contribution in [3.05, 3.63) is 0 Å². The summed E-state index contributed by atoms with van der Waals surface area (Å²) in [5.74, 6) is 0. The van der Waals surface area contributed by atoms with Crippen LogP contribution in [0, 0.1) is 0 Å². The van der Waals surface area contributed by atoms with E-state index in [9.17, 15) is 8.42 Å². The lowest BCUT2D eigenvalue weighted by Gasteiger charge is -2.32. The van der Waals surface area contributed by atoms with Crippen molar-refractivity contribution in [2.75, 3.05) is 33.2 Å². The van der Waals surface area contributed by atoms with E-state index in [1.807, 2.05) is 0 Å². The van der Waals surface area contributed by atoms with Crippen molar-refractivity contribution >= 4 is 22.2 Å². The molecule has 0 aliphatic carbocycles. The van der Waals surface area contributed by atoms with Gasteiger partial charge < -0.3 is 10.2 Å². The third-order valence-electron chi connectivity index (χ3n) is 3.88. The van der Waals surface area contributed by atoms with Crippen LogP contribution in [0.5, 0.6) is 0 Å². The Labute approximate surface area is 110 Å². The molecule has 102 valence electrons. The summed E-state index contributed by atoms with van der Waals surface area (Å²) >= 11 is 0. The predicted molar refractivity (Wildman–Crippen MR) is 72.6 cm³/mol. The Bertz CT molecular complexity index is 320. The van der Waals surface area contributed by atoms with Crippen molar-refractivity contribution in [2.24, 2.45) is 0 Å². The van der Waals surface area contributed by atoms with Gasteiger partial charge in [0.25, 0.3) is 0 Å². The molecule has 6 heteroatoms. The smallest absolute Gasteiger partial charge is 0.156 e. The minimum atomic E-state index is -2.88. The molecule has 2 aliphatic heterocycles. The maximum Gasteiger partial charge on any atom is 0.156 e. The summed E-state index contributed by atoms with van der Waals surface area (Å²) in [5, 5.41) is 3.07. The molecule has 0 bridgehead atoms. The van der Waals surface area contributed by atoms with E-state index < -0.39 is 9.84 Å². The number of nitrogens with one attached hydrogen (secondary N) is 1.